The van der Waals surface area contributed by atoms with E-state index in [2.05, 4.69) is 15.9 Å². The van der Waals surface area contributed by atoms with Crippen molar-refractivity contribution < 1.29 is 9.53 Å². The highest BCUT2D eigenvalue weighted by Crippen LogP contribution is 2.19. The lowest BCUT2D eigenvalue weighted by molar-refractivity contribution is -0.127. The molecule has 88 valence electrons. The van der Waals surface area contributed by atoms with Gasteiger partial charge in [0.05, 0.1) is 6.10 Å². The van der Waals surface area contributed by atoms with Gasteiger partial charge in [0.15, 0.2) is 0 Å². The van der Waals surface area contributed by atoms with Crippen LogP contribution in [0.15, 0.2) is 0 Å². The number of hydrogen-bond acceptors (Lipinski definition) is 2. The van der Waals surface area contributed by atoms with Gasteiger partial charge in [-0.15, -0.1) is 0 Å². The minimum absolute atomic E-state index is 0.287. The van der Waals surface area contributed by atoms with E-state index in [1.165, 1.54) is 0 Å². The Bertz CT molecular complexity index is 209. The van der Waals surface area contributed by atoms with E-state index in [0.29, 0.717) is 18.2 Å². The second-order valence-electron chi connectivity index (χ2n) is 4.34. The van der Waals surface area contributed by atoms with Gasteiger partial charge in [-0.2, -0.15) is 0 Å². The second kappa shape index (κ2) is 6.48. The third-order valence-electron chi connectivity index (χ3n) is 2.54. The third-order valence-corrected chi connectivity index (χ3v) is 3.45. The monoisotopic (exact) mass is 277 g/mol. The number of carbonyl (C=O) groups is 1. The van der Waals surface area contributed by atoms with Crippen LogP contribution in [-0.2, 0) is 9.53 Å². The minimum atomic E-state index is 0.287. The van der Waals surface area contributed by atoms with E-state index in [1.807, 2.05) is 18.7 Å². The molecular weight excluding hydrogens is 258 g/mol. The summed E-state index contributed by atoms with van der Waals surface area (Å²) >= 11 is 3.43. The second-order valence-corrected chi connectivity index (χ2v) is 4.98. The van der Waals surface area contributed by atoms with Crippen LogP contribution in [0.1, 0.15) is 26.7 Å². The van der Waals surface area contributed by atoms with Gasteiger partial charge in [0.25, 0.3) is 0 Å². The number of alkyl halides is 1. The quantitative estimate of drug-likeness (QED) is 0.549. The summed E-state index contributed by atoms with van der Waals surface area (Å²) in [6.45, 7) is 6.56. The Hall–Kier alpha value is -0.0900. The van der Waals surface area contributed by atoms with E-state index in [9.17, 15) is 4.79 Å². The Balaban J connectivity index is 2.14. The number of carbonyl (C=O) groups excluding carboxylic acids is 1. The lowest BCUT2D eigenvalue weighted by Crippen LogP contribution is -2.27. The van der Waals surface area contributed by atoms with Gasteiger partial charge in [0.2, 0.25) is 5.91 Å². The zero-order chi connectivity index (χ0) is 11.3. The lowest BCUT2D eigenvalue weighted by Gasteiger charge is -2.16. The fourth-order valence-corrected chi connectivity index (χ4v) is 2.18. The van der Waals surface area contributed by atoms with Crippen molar-refractivity contribution in [1.29, 1.82) is 0 Å². The molecule has 0 spiro atoms. The Morgan fingerprint density at radius 2 is 2.33 bits per heavy atom. The minimum Gasteiger partial charge on any atom is -0.379 e. The number of rotatable bonds is 6. The molecule has 0 bridgehead atoms. The van der Waals surface area contributed by atoms with Crippen LogP contribution in [0.3, 0.4) is 0 Å². The molecule has 1 aliphatic heterocycles. The van der Waals surface area contributed by atoms with Crippen LogP contribution in [0.2, 0.25) is 0 Å². The first-order chi connectivity index (χ1) is 7.13. The summed E-state index contributed by atoms with van der Waals surface area (Å²) < 4.78 is 5.44. The van der Waals surface area contributed by atoms with E-state index in [0.717, 1.165) is 31.4 Å². The van der Waals surface area contributed by atoms with Gasteiger partial charge in [0.1, 0.15) is 0 Å². The molecule has 1 fully saturated rings. The number of hydrogen-bond donors (Lipinski definition) is 0. The predicted octanol–water partition coefficient (Wildman–Crippen LogP) is 2.04. The molecule has 0 aromatic carbocycles. The van der Waals surface area contributed by atoms with E-state index >= 15 is 0 Å². The highest BCUT2D eigenvalue weighted by Gasteiger charge is 2.27. The molecule has 0 radical (unpaired) electrons. The molecule has 1 unspecified atom stereocenters. The van der Waals surface area contributed by atoms with Gasteiger partial charge in [-0.05, 0) is 26.2 Å². The summed E-state index contributed by atoms with van der Waals surface area (Å²) in [6.07, 6.45) is 1.93. The first kappa shape index (κ1) is 13.0. The van der Waals surface area contributed by atoms with Gasteiger partial charge in [0, 0.05) is 31.4 Å². The van der Waals surface area contributed by atoms with Crippen LogP contribution >= 0.6 is 15.9 Å². The van der Waals surface area contributed by atoms with E-state index < -0.39 is 0 Å². The molecule has 0 saturated carbocycles. The van der Waals surface area contributed by atoms with Crippen LogP contribution < -0.4 is 0 Å². The maximum Gasteiger partial charge on any atom is 0.222 e. The van der Waals surface area contributed by atoms with E-state index in [4.69, 9.17) is 4.74 Å². The largest absolute Gasteiger partial charge is 0.379 e. The summed E-state index contributed by atoms with van der Waals surface area (Å²) in [5, 5.41) is 0.928. The normalized spacial score (nSPS) is 21.7. The summed E-state index contributed by atoms with van der Waals surface area (Å²) in [7, 11) is 0. The van der Waals surface area contributed by atoms with Crippen molar-refractivity contribution in [3.05, 3.63) is 0 Å². The Morgan fingerprint density at radius 1 is 1.60 bits per heavy atom. The van der Waals surface area contributed by atoms with E-state index in [1.54, 1.807) is 0 Å². The van der Waals surface area contributed by atoms with Crippen LogP contribution in [0, 0.1) is 5.92 Å². The number of halogens is 1. The topological polar surface area (TPSA) is 29.5 Å². The molecule has 1 atom stereocenters. The SMILES string of the molecule is CC(C)OCCCN1CC(CBr)CC1=O. The maximum atomic E-state index is 11.5. The molecule has 15 heavy (non-hydrogen) atoms. The molecule has 4 heteroatoms. The number of nitrogens with zero attached hydrogens (tertiary/aromatic N) is 1. The highest BCUT2D eigenvalue weighted by molar-refractivity contribution is 9.09. The molecular formula is C11H20BrNO2. The van der Waals surface area contributed by atoms with E-state index in [-0.39, 0.29) is 6.10 Å². The molecule has 0 N–H and O–H groups in total. The average molecular weight is 278 g/mol. The fraction of sp³-hybridized carbons (Fsp3) is 0.909. The molecule has 1 saturated heterocycles. The molecule has 1 heterocycles. The van der Waals surface area contributed by atoms with Crippen molar-refractivity contribution in [1.82, 2.24) is 4.90 Å². The van der Waals surface area contributed by atoms with Crippen molar-refractivity contribution in [2.45, 2.75) is 32.8 Å². The standard InChI is InChI=1S/C11H20BrNO2/c1-9(2)15-5-3-4-13-8-10(7-12)6-11(13)14/h9-10H,3-8H2,1-2H3. The number of amides is 1. The zero-order valence-electron chi connectivity index (χ0n) is 9.54. The van der Waals surface area contributed by atoms with Crippen LogP contribution in [0.4, 0.5) is 0 Å². The van der Waals surface area contributed by atoms with Crippen molar-refractivity contribution >= 4 is 21.8 Å². The molecule has 1 aliphatic rings. The lowest BCUT2D eigenvalue weighted by atomic mass is 10.2. The number of likely N-dealkylation sites (tertiary alicyclic amines) is 1. The molecule has 1 rings (SSSR count). The Labute approximate surface area is 100 Å². The molecule has 3 nitrogen and oxygen atoms in total. The number of ether oxygens (including phenoxy) is 1. The predicted molar refractivity (Wildman–Crippen MR) is 64.2 cm³/mol. The van der Waals surface area contributed by atoms with Crippen molar-refractivity contribution in [2.75, 3.05) is 25.0 Å². The van der Waals surface area contributed by atoms with Gasteiger partial charge in [-0.25, -0.2) is 0 Å². The molecule has 1 amide bonds. The summed E-state index contributed by atoms with van der Waals surface area (Å²) in [4.78, 5) is 13.5. The first-order valence-corrected chi connectivity index (χ1v) is 6.71. The zero-order valence-corrected chi connectivity index (χ0v) is 11.1. The van der Waals surface area contributed by atoms with Gasteiger partial charge in [-0.3, -0.25) is 4.79 Å². The van der Waals surface area contributed by atoms with Crippen molar-refractivity contribution in [3.8, 4) is 0 Å². The molecule has 0 aliphatic carbocycles. The fourth-order valence-electron chi connectivity index (χ4n) is 1.75. The van der Waals surface area contributed by atoms with Crippen molar-refractivity contribution in [3.63, 3.8) is 0 Å². The van der Waals surface area contributed by atoms with Crippen LogP contribution in [0.25, 0.3) is 0 Å². The van der Waals surface area contributed by atoms with Gasteiger partial charge in [-0.1, -0.05) is 15.9 Å². The van der Waals surface area contributed by atoms with Gasteiger partial charge >= 0.3 is 0 Å². The van der Waals surface area contributed by atoms with Crippen LogP contribution in [-0.4, -0.2) is 41.9 Å². The first-order valence-electron chi connectivity index (χ1n) is 5.58. The van der Waals surface area contributed by atoms with Crippen LogP contribution in [0.5, 0.6) is 0 Å². The highest BCUT2D eigenvalue weighted by atomic mass is 79.9. The maximum absolute atomic E-state index is 11.5. The smallest absolute Gasteiger partial charge is 0.222 e. The van der Waals surface area contributed by atoms with Crippen molar-refractivity contribution in [2.24, 2.45) is 5.92 Å². The Kier molecular flexibility index (Phi) is 5.61. The average Bonchev–Trinajstić information content (AvgIpc) is 2.54. The third kappa shape index (κ3) is 4.51. The Morgan fingerprint density at radius 3 is 2.87 bits per heavy atom. The van der Waals surface area contributed by atoms with Gasteiger partial charge < -0.3 is 9.64 Å². The summed E-state index contributed by atoms with van der Waals surface area (Å²) in [5.74, 6) is 0.799. The summed E-state index contributed by atoms with van der Waals surface area (Å²) in [5.41, 5.74) is 0. The molecule has 0 aromatic heterocycles. The molecule has 0 aromatic rings. The summed E-state index contributed by atoms with van der Waals surface area (Å²) in [6, 6.07) is 0.